The van der Waals surface area contributed by atoms with E-state index in [0.29, 0.717) is 23.1 Å². The lowest BCUT2D eigenvalue weighted by molar-refractivity contribution is 0.0658. The summed E-state index contributed by atoms with van der Waals surface area (Å²) >= 11 is 0. The lowest BCUT2D eigenvalue weighted by Crippen LogP contribution is -2.46. The van der Waals surface area contributed by atoms with Gasteiger partial charge >= 0.3 is 0 Å². The molecule has 0 bridgehead atoms. The summed E-state index contributed by atoms with van der Waals surface area (Å²) < 4.78 is 5.98. The van der Waals surface area contributed by atoms with Gasteiger partial charge in [-0.3, -0.25) is 14.5 Å². The Balaban J connectivity index is 1.24. The van der Waals surface area contributed by atoms with E-state index in [0.717, 1.165) is 49.6 Å². The highest BCUT2D eigenvalue weighted by molar-refractivity contribution is 5.97. The molecule has 6 heteroatoms. The van der Waals surface area contributed by atoms with Crippen molar-refractivity contribution in [1.82, 2.24) is 15.1 Å². The highest BCUT2D eigenvalue weighted by Gasteiger charge is 2.36. The fourth-order valence-electron chi connectivity index (χ4n) is 5.47. The Labute approximate surface area is 189 Å². The average molecular weight is 434 g/mol. The molecule has 2 fully saturated rings. The van der Waals surface area contributed by atoms with Crippen molar-refractivity contribution < 1.29 is 14.3 Å². The number of fused-ring (bicyclic) bond motifs is 1. The first-order valence-corrected chi connectivity index (χ1v) is 11.8. The van der Waals surface area contributed by atoms with Crippen molar-refractivity contribution in [3.05, 3.63) is 59.2 Å². The number of ether oxygens (including phenoxy) is 1. The van der Waals surface area contributed by atoms with Crippen LogP contribution < -0.4 is 10.1 Å². The molecule has 1 aliphatic carbocycles. The molecule has 168 valence electrons. The average Bonchev–Trinajstić information content (AvgIpc) is 3.51. The number of benzene rings is 2. The topological polar surface area (TPSA) is 61.9 Å². The second-order valence-corrected chi connectivity index (χ2v) is 9.15. The Morgan fingerprint density at radius 1 is 0.969 bits per heavy atom. The molecule has 1 saturated carbocycles. The molecule has 2 amide bonds. The van der Waals surface area contributed by atoms with Crippen LogP contribution in [-0.4, -0.2) is 60.4 Å². The van der Waals surface area contributed by atoms with Crippen molar-refractivity contribution in [3.63, 3.8) is 0 Å². The van der Waals surface area contributed by atoms with Crippen LogP contribution in [0.4, 0.5) is 0 Å². The van der Waals surface area contributed by atoms with Gasteiger partial charge in [0.2, 0.25) is 0 Å². The van der Waals surface area contributed by atoms with Crippen LogP contribution in [0.2, 0.25) is 0 Å². The quantitative estimate of drug-likeness (QED) is 0.778. The lowest BCUT2D eigenvalue weighted by Gasteiger charge is -2.34. The number of carbonyl (C=O) groups is 2. The molecule has 0 unspecified atom stereocenters. The molecule has 0 spiro atoms. The molecule has 2 aliphatic heterocycles. The molecule has 1 atom stereocenters. The minimum Gasteiger partial charge on any atom is -0.457 e. The molecule has 0 aromatic heterocycles. The van der Waals surface area contributed by atoms with Crippen molar-refractivity contribution in [1.29, 1.82) is 0 Å². The highest BCUT2D eigenvalue weighted by Crippen LogP contribution is 2.32. The number of likely N-dealkylation sites (tertiary alicyclic amines) is 1. The number of nitrogens with one attached hydrogen (secondary N) is 1. The Hall–Kier alpha value is -2.86. The van der Waals surface area contributed by atoms with Crippen molar-refractivity contribution in [2.24, 2.45) is 0 Å². The first kappa shape index (κ1) is 21.0. The van der Waals surface area contributed by atoms with Gasteiger partial charge < -0.3 is 15.0 Å². The molecule has 32 heavy (non-hydrogen) atoms. The Morgan fingerprint density at radius 3 is 2.47 bits per heavy atom. The maximum atomic E-state index is 13.3. The van der Waals surface area contributed by atoms with Gasteiger partial charge in [0.25, 0.3) is 11.8 Å². The van der Waals surface area contributed by atoms with E-state index in [1.807, 2.05) is 18.2 Å². The minimum atomic E-state index is -0.123. The van der Waals surface area contributed by atoms with E-state index in [1.165, 1.54) is 25.7 Å². The summed E-state index contributed by atoms with van der Waals surface area (Å²) in [7, 11) is 1.61. The van der Waals surface area contributed by atoms with Gasteiger partial charge in [-0.05, 0) is 73.7 Å². The molecule has 5 rings (SSSR count). The zero-order valence-electron chi connectivity index (χ0n) is 18.7. The summed E-state index contributed by atoms with van der Waals surface area (Å²) in [6.07, 6.45) is 7.29. The van der Waals surface area contributed by atoms with E-state index in [-0.39, 0.29) is 11.8 Å². The molecule has 2 heterocycles. The monoisotopic (exact) mass is 433 g/mol. The Morgan fingerprint density at radius 2 is 1.72 bits per heavy atom. The van der Waals surface area contributed by atoms with E-state index in [9.17, 15) is 9.59 Å². The summed E-state index contributed by atoms with van der Waals surface area (Å²) in [5.74, 6) is 1.42. The van der Waals surface area contributed by atoms with Crippen LogP contribution in [0.1, 0.15) is 58.4 Å². The van der Waals surface area contributed by atoms with Gasteiger partial charge in [0.05, 0.1) is 0 Å². The molecule has 2 aromatic rings. The maximum Gasteiger partial charge on any atom is 0.254 e. The molecule has 1 N–H and O–H groups in total. The van der Waals surface area contributed by atoms with E-state index >= 15 is 0 Å². The van der Waals surface area contributed by atoms with Crippen LogP contribution >= 0.6 is 0 Å². The van der Waals surface area contributed by atoms with Crippen LogP contribution in [0, 0.1) is 0 Å². The number of carbonyl (C=O) groups excluding carboxylic acids is 2. The summed E-state index contributed by atoms with van der Waals surface area (Å²) in [4.78, 5) is 29.7. The van der Waals surface area contributed by atoms with Gasteiger partial charge in [-0.1, -0.05) is 12.8 Å². The van der Waals surface area contributed by atoms with Gasteiger partial charge in [0.1, 0.15) is 11.5 Å². The predicted molar refractivity (Wildman–Crippen MR) is 123 cm³/mol. The minimum absolute atomic E-state index is 0.123. The van der Waals surface area contributed by atoms with E-state index in [4.69, 9.17) is 4.74 Å². The third-order valence-electron chi connectivity index (χ3n) is 7.25. The van der Waals surface area contributed by atoms with Crippen molar-refractivity contribution >= 4 is 11.8 Å². The second-order valence-electron chi connectivity index (χ2n) is 9.15. The van der Waals surface area contributed by atoms with E-state index in [2.05, 4.69) is 15.1 Å². The molecule has 2 aromatic carbocycles. The maximum absolute atomic E-state index is 13.3. The fourth-order valence-corrected chi connectivity index (χ4v) is 5.47. The van der Waals surface area contributed by atoms with Crippen LogP contribution in [0.5, 0.6) is 11.5 Å². The molecule has 6 nitrogen and oxygen atoms in total. The zero-order valence-corrected chi connectivity index (χ0v) is 18.7. The summed E-state index contributed by atoms with van der Waals surface area (Å²) in [6, 6.07) is 13.9. The van der Waals surface area contributed by atoms with Gasteiger partial charge in [-0.2, -0.15) is 0 Å². The molecular formula is C26H31N3O3. The molecule has 3 aliphatic rings. The van der Waals surface area contributed by atoms with Gasteiger partial charge in [0, 0.05) is 49.9 Å². The third-order valence-corrected chi connectivity index (χ3v) is 7.25. The van der Waals surface area contributed by atoms with Crippen LogP contribution in [-0.2, 0) is 6.42 Å². The van der Waals surface area contributed by atoms with Crippen LogP contribution in [0.25, 0.3) is 0 Å². The van der Waals surface area contributed by atoms with Crippen molar-refractivity contribution in [2.75, 3.05) is 26.7 Å². The van der Waals surface area contributed by atoms with Crippen molar-refractivity contribution in [2.45, 2.75) is 50.6 Å². The van der Waals surface area contributed by atoms with Crippen LogP contribution in [0.15, 0.2) is 42.5 Å². The first-order chi connectivity index (χ1) is 15.6. The SMILES string of the molecule is CNC(=O)c1ccc(Oc2ccc3c(c2)CCN([C@@H]2CCN(C4CCCC4)C2)C3=O)cc1. The first-order valence-electron chi connectivity index (χ1n) is 11.8. The van der Waals surface area contributed by atoms with E-state index < -0.39 is 0 Å². The molecular weight excluding hydrogens is 402 g/mol. The van der Waals surface area contributed by atoms with Gasteiger partial charge in [0.15, 0.2) is 0 Å². The second kappa shape index (κ2) is 8.94. The van der Waals surface area contributed by atoms with Gasteiger partial charge in [-0.25, -0.2) is 0 Å². The molecule has 1 saturated heterocycles. The Kier molecular flexibility index (Phi) is 5.87. The normalized spacial score (nSPS) is 21.6. The standard InChI is InChI=1S/C26H31N3O3/c1-27-25(30)18-6-8-22(9-7-18)32-23-10-11-24-19(16-23)12-15-29(26(24)31)21-13-14-28(17-21)20-4-2-3-5-20/h6-11,16,20-21H,2-5,12-15,17H2,1H3,(H,27,30)/t21-/m1/s1. The van der Waals surface area contributed by atoms with Crippen molar-refractivity contribution in [3.8, 4) is 11.5 Å². The summed E-state index contributed by atoms with van der Waals surface area (Å²) in [6.45, 7) is 2.93. The lowest BCUT2D eigenvalue weighted by atomic mass is 9.97. The number of hydrogen-bond donors (Lipinski definition) is 1. The largest absolute Gasteiger partial charge is 0.457 e. The number of amides is 2. The zero-order chi connectivity index (χ0) is 22.1. The van der Waals surface area contributed by atoms with Gasteiger partial charge in [-0.15, -0.1) is 0 Å². The molecule has 0 radical (unpaired) electrons. The number of nitrogens with zero attached hydrogens (tertiary/aromatic N) is 2. The summed E-state index contributed by atoms with van der Waals surface area (Å²) in [5.41, 5.74) is 2.45. The van der Waals surface area contributed by atoms with Crippen LogP contribution in [0.3, 0.4) is 0 Å². The third kappa shape index (κ3) is 4.11. The smallest absolute Gasteiger partial charge is 0.254 e. The van der Waals surface area contributed by atoms with E-state index in [1.54, 1.807) is 31.3 Å². The number of rotatable bonds is 5. The predicted octanol–water partition coefficient (Wildman–Crippen LogP) is 3.85. The Bertz CT molecular complexity index is 998. The summed E-state index contributed by atoms with van der Waals surface area (Å²) in [5, 5.41) is 2.61. The fraction of sp³-hybridized carbons (Fsp3) is 0.462. The highest BCUT2D eigenvalue weighted by atomic mass is 16.5. The number of hydrogen-bond acceptors (Lipinski definition) is 4.